The van der Waals surface area contributed by atoms with Crippen molar-refractivity contribution in [1.82, 2.24) is 5.32 Å². The first-order valence-corrected chi connectivity index (χ1v) is 3.09. The van der Waals surface area contributed by atoms with Crippen LogP contribution < -0.4 is 11.1 Å². The van der Waals surface area contributed by atoms with E-state index < -0.39 is 0 Å². The average Bonchev–Trinajstić information content (AvgIpc) is 1.90. The van der Waals surface area contributed by atoms with Crippen molar-refractivity contribution in [3.05, 3.63) is 24.3 Å². The highest BCUT2D eigenvalue weighted by atomic mass is 15.1. The lowest BCUT2D eigenvalue weighted by Gasteiger charge is -2.25. The van der Waals surface area contributed by atoms with Crippen LogP contribution in [0.2, 0.25) is 0 Å². The summed E-state index contributed by atoms with van der Waals surface area (Å²) in [5.41, 5.74) is 5.51. The van der Waals surface area contributed by atoms with Crippen molar-refractivity contribution in [2.24, 2.45) is 5.73 Å². The molecule has 0 amide bonds. The molecule has 0 heterocycles. The second kappa shape index (κ2) is 2.33. The fraction of sp³-hybridized carbons (Fsp3) is 0.429. The van der Waals surface area contributed by atoms with E-state index in [2.05, 4.69) is 11.4 Å². The number of allylic oxidation sites excluding steroid dienone is 2. The highest BCUT2D eigenvalue weighted by Crippen LogP contribution is 2.09. The first-order valence-electron chi connectivity index (χ1n) is 3.09. The predicted molar refractivity (Wildman–Crippen MR) is 38.9 cm³/mol. The first-order chi connectivity index (χ1) is 4.27. The molecular weight excluding hydrogens is 112 g/mol. The van der Waals surface area contributed by atoms with E-state index in [4.69, 9.17) is 5.73 Å². The second-order valence-corrected chi connectivity index (χ2v) is 2.28. The summed E-state index contributed by atoms with van der Waals surface area (Å²) in [6.07, 6.45) is 8.85. The molecule has 50 valence electrons. The summed E-state index contributed by atoms with van der Waals surface area (Å²) in [5.74, 6) is 0. The molecule has 0 saturated heterocycles. The minimum absolute atomic E-state index is 0.297. The van der Waals surface area contributed by atoms with Gasteiger partial charge in [0.15, 0.2) is 0 Å². The Bertz CT molecular complexity index is 149. The minimum Gasteiger partial charge on any atom is -0.310 e. The molecule has 0 radical (unpaired) electrons. The molecule has 0 unspecified atom stereocenters. The van der Waals surface area contributed by atoms with Gasteiger partial charge in [0, 0.05) is 6.42 Å². The van der Waals surface area contributed by atoms with Crippen LogP contribution in [0.3, 0.4) is 0 Å². The summed E-state index contributed by atoms with van der Waals surface area (Å²) in [5, 5.41) is 3.02. The average molecular weight is 124 g/mol. The van der Waals surface area contributed by atoms with Crippen LogP contribution in [0.5, 0.6) is 0 Å². The minimum atomic E-state index is -0.297. The third-order valence-corrected chi connectivity index (χ3v) is 1.56. The van der Waals surface area contributed by atoms with Crippen LogP contribution in [0.1, 0.15) is 6.42 Å². The summed E-state index contributed by atoms with van der Waals surface area (Å²) in [4.78, 5) is 0. The van der Waals surface area contributed by atoms with Crippen molar-refractivity contribution in [2.75, 3.05) is 7.05 Å². The Balaban J connectivity index is 2.63. The van der Waals surface area contributed by atoms with Crippen molar-refractivity contribution >= 4 is 0 Å². The SMILES string of the molecule is CN[C@@]1(N)C=CC=CC1. The number of hydrogen-bond acceptors (Lipinski definition) is 2. The van der Waals surface area contributed by atoms with Gasteiger partial charge < -0.3 is 5.73 Å². The molecule has 9 heavy (non-hydrogen) atoms. The summed E-state index contributed by atoms with van der Waals surface area (Å²) in [6, 6.07) is 0. The first kappa shape index (κ1) is 6.52. The fourth-order valence-electron chi connectivity index (χ4n) is 0.822. The maximum absolute atomic E-state index is 5.81. The molecule has 0 fully saturated rings. The zero-order valence-corrected chi connectivity index (χ0v) is 5.59. The Morgan fingerprint density at radius 1 is 1.56 bits per heavy atom. The van der Waals surface area contributed by atoms with Gasteiger partial charge in [0.2, 0.25) is 0 Å². The van der Waals surface area contributed by atoms with Gasteiger partial charge in [0.1, 0.15) is 0 Å². The lowest BCUT2D eigenvalue weighted by Crippen LogP contribution is -2.49. The van der Waals surface area contributed by atoms with Crippen molar-refractivity contribution in [3.63, 3.8) is 0 Å². The van der Waals surface area contributed by atoms with Crippen molar-refractivity contribution in [2.45, 2.75) is 12.1 Å². The van der Waals surface area contributed by atoms with E-state index >= 15 is 0 Å². The molecule has 2 heteroatoms. The van der Waals surface area contributed by atoms with Crippen LogP contribution >= 0.6 is 0 Å². The van der Waals surface area contributed by atoms with Crippen LogP contribution in [0, 0.1) is 0 Å². The van der Waals surface area contributed by atoms with Gasteiger partial charge in [-0.15, -0.1) is 0 Å². The molecule has 0 aromatic rings. The number of hydrogen-bond donors (Lipinski definition) is 2. The van der Waals surface area contributed by atoms with Crippen LogP contribution in [-0.2, 0) is 0 Å². The molecule has 1 aliphatic carbocycles. The number of nitrogens with one attached hydrogen (secondary N) is 1. The maximum atomic E-state index is 5.81. The summed E-state index contributed by atoms with van der Waals surface area (Å²) in [6.45, 7) is 0. The number of nitrogens with two attached hydrogens (primary N) is 1. The van der Waals surface area contributed by atoms with Gasteiger partial charge in [0.25, 0.3) is 0 Å². The quantitative estimate of drug-likeness (QED) is 0.496. The van der Waals surface area contributed by atoms with Crippen molar-refractivity contribution < 1.29 is 0 Å². The Morgan fingerprint density at radius 3 is 2.67 bits per heavy atom. The topological polar surface area (TPSA) is 38.0 Å². The van der Waals surface area contributed by atoms with Gasteiger partial charge in [-0.3, -0.25) is 5.32 Å². The standard InChI is InChI=1S/C7H12N2/c1-9-7(8)5-3-2-4-6-7/h2-5,9H,6,8H2,1H3/t7-/m0/s1. The molecule has 1 aliphatic rings. The van der Waals surface area contributed by atoms with Gasteiger partial charge in [-0.25, -0.2) is 0 Å². The summed E-state index contributed by atoms with van der Waals surface area (Å²) < 4.78 is 0. The molecule has 1 atom stereocenters. The van der Waals surface area contributed by atoms with Crippen LogP contribution in [0.4, 0.5) is 0 Å². The van der Waals surface area contributed by atoms with Crippen LogP contribution in [0.15, 0.2) is 24.3 Å². The molecule has 2 nitrogen and oxygen atoms in total. The van der Waals surface area contributed by atoms with Gasteiger partial charge in [-0.1, -0.05) is 24.3 Å². The van der Waals surface area contributed by atoms with E-state index in [1.165, 1.54) is 0 Å². The monoisotopic (exact) mass is 124 g/mol. The Labute approximate surface area is 55.4 Å². The predicted octanol–water partition coefficient (Wildman–Crippen LogP) is 0.377. The van der Waals surface area contributed by atoms with E-state index in [0.29, 0.717) is 0 Å². The number of likely N-dealkylation sites (N-methyl/N-ethyl adjacent to an activating group) is 1. The van der Waals surface area contributed by atoms with Crippen LogP contribution in [0.25, 0.3) is 0 Å². The Hall–Kier alpha value is -0.600. The van der Waals surface area contributed by atoms with Gasteiger partial charge in [0.05, 0.1) is 5.66 Å². The number of rotatable bonds is 1. The summed E-state index contributed by atoms with van der Waals surface area (Å²) >= 11 is 0. The molecule has 1 rings (SSSR count). The zero-order chi connectivity index (χ0) is 6.74. The van der Waals surface area contributed by atoms with E-state index in [1.54, 1.807) is 0 Å². The van der Waals surface area contributed by atoms with E-state index in [-0.39, 0.29) is 5.66 Å². The third kappa shape index (κ3) is 1.40. The molecule has 3 N–H and O–H groups in total. The van der Waals surface area contributed by atoms with Crippen LogP contribution in [-0.4, -0.2) is 12.7 Å². The van der Waals surface area contributed by atoms with Crippen molar-refractivity contribution in [1.29, 1.82) is 0 Å². The molecule has 0 aromatic carbocycles. The molecule has 0 spiro atoms. The molecule has 0 bridgehead atoms. The fourth-order valence-corrected chi connectivity index (χ4v) is 0.822. The Morgan fingerprint density at radius 2 is 2.33 bits per heavy atom. The highest BCUT2D eigenvalue weighted by Gasteiger charge is 2.17. The Kier molecular flexibility index (Phi) is 1.69. The van der Waals surface area contributed by atoms with Gasteiger partial charge in [-0.2, -0.15) is 0 Å². The summed E-state index contributed by atoms with van der Waals surface area (Å²) in [7, 11) is 1.86. The lowest BCUT2D eigenvalue weighted by molar-refractivity contribution is 0.456. The largest absolute Gasteiger partial charge is 0.310 e. The van der Waals surface area contributed by atoms with Crippen molar-refractivity contribution in [3.8, 4) is 0 Å². The highest BCUT2D eigenvalue weighted by molar-refractivity contribution is 5.18. The zero-order valence-electron chi connectivity index (χ0n) is 5.59. The third-order valence-electron chi connectivity index (χ3n) is 1.56. The van der Waals surface area contributed by atoms with Gasteiger partial charge >= 0.3 is 0 Å². The van der Waals surface area contributed by atoms with E-state index in [1.807, 2.05) is 25.3 Å². The maximum Gasteiger partial charge on any atom is 0.0889 e. The normalized spacial score (nSPS) is 33.1. The molecule has 0 saturated carbocycles. The molecular formula is C7H12N2. The smallest absolute Gasteiger partial charge is 0.0889 e. The molecule has 0 aromatic heterocycles. The van der Waals surface area contributed by atoms with Gasteiger partial charge in [-0.05, 0) is 7.05 Å². The van der Waals surface area contributed by atoms with E-state index in [0.717, 1.165) is 6.42 Å². The second-order valence-electron chi connectivity index (χ2n) is 2.28. The lowest BCUT2D eigenvalue weighted by atomic mass is 10.0. The molecule has 0 aliphatic heterocycles. The van der Waals surface area contributed by atoms with E-state index in [9.17, 15) is 0 Å².